The van der Waals surface area contributed by atoms with E-state index >= 15 is 0 Å². The number of likely N-dealkylation sites (N-methyl/N-ethyl adjacent to an activating group) is 1. The van der Waals surface area contributed by atoms with Crippen molar-refractivity contribution in [2.75, 3.05) is 18.6 Å². The number of hydrogen-bond donors (Lipinski definition) is 4. The first kappa shape index (κ1) is 33.5. The molecule has 10 heteroatoms. The van der Waals surface area contributed by atoms with Crippen LogP contribution in [-0.2, 0) is 20.8 Å². The molecular formula is C33H40N4O5S. The molecule has 0 aliphatic carbocycles. The van der Waals surface area contributed by atoms with Crippen LogP contribution in [0.1, 0.15) is 37.4 Å². The van der Waals surface area contributed by atoms with Crippen LogP contribution in [-0.4, -0.2) is 47.5 Å². The molecule has 43 heavy (non-hydrogen) atoms. The number of nitrogens with zero attached hydrogens (tertiary/aromatic N) is 1. The van der Waals surface area contributed by atoms with E-state index in [1.165, 1.54) is 18.8 Å². The molecule has 228 valence electrons. The fraction of sp³-hybridized carbons (Fsp3) is 0.364. The zero-order valence-electron chi connectivity index (χ0n) is 24.7. The third-order valence-corrected chi connectivity index (χ3v) is 8.41. The first-order valence-corrected chi connectivity index (χ1v) is 15.5. The normalized spacial score (nSPS) is 13.8. The van der Waals surface area contributed by atoms with Gasteiger partial charge < -0.3 is 10.6 Å². The number of nitroso groups, excluding NO2 is 1. The van der Waals surface area contributed by atoms with Crippen LogP contribution in [0.4, 0.5) is 0 Å². The maximum absolute atomic E-state index is 13.7. The number of hydrogen-bond acceptors (Lipinski definition) is 7. The number of amides is 3. The monoisotopic (exact) mass is 604 g/mol. The van der Waals surface area contributed by atoms with Crippen molar-refractivity contribution >= 4 is 29.5 Å². The summed E-state index contributed by atoms with van der Waals surface area (Å²) in [5.74, 6) is -2.73. The number of rotatable bonds is 16. The topological polar surface area (TPSA) is 137 Å². The van der Waals surface area contributed by atoms with Gasteiger partial charge in [-0.25, -0.2) is 5.48 Å². The third kappa shape index (κ3) is 10.0. The molecule has 0 radical (unpaired) electrons. The van der Waals surface area contributed by atoms with Crippen LogP contribution in [0.3, 0.4) is 0 Å². The number of benzene rings is 3. The van der Waals surface area contributed by atoms with Gasteiger partial charge in [0.05, 0.1) is 11.8 Å². The number of carbonyl (C=O) groups is 3. The molecule has 0 saturated heterocycles. The zero-order valence-corrected chi connectivity index (χ0v) is 25.6. The largest absolute Gasteiger partial charge is 0.357 e. The Balaban J connectivity index is 1.73. The van der Waals surface area contributed by atoms with Gasteiger partial charge in [-0.1, -0.05) is 104 Å². The van der Waals surface area contributed by atoms with Crippen molar-refractivity contribution in [2.45, 2.75) is 38.8 Å². The average molecular weight is 605 g/mol. The van der Waals surface area contributed by atoms with E-state index in [1.807, 2.05) is 98.8 Å². The molecule has 0 saturated carbocycles. The van der Waals surface area contributed by atoms with Gasteiger partial charge in [0.25, 0.3) is 0 Å². The van der Waals surface area contributed by atoms with E-state index in [0.29, 0.717) is 6.42 Å². The van der Waals surface area contributed by atoms with Crippen molar-refractivity contribution in [1.82, 2.24) is 16.1 Å². The Morgan fingerprint density at radius 1 is 0.791 bits per heavy atom. The van der Waals surface area contributed by atoms with E-state index in [-0.39, 0.29) is 29.8 Å². The summed E-state index contributed by atoms with van der Waals surface area (Å²) in [5, 5.41) is 18.3. The lowest BCUT2D eigenvalue weighted by molar-refractivity contribution is -0.140. The smallest absolute Gasteiger partial charge is 0.248 e. The second-order valence-corrected chi connectivity index (χ2v) is 11.9. The van der Waals surface area contributed by atoms with E-state index in [2.05, 4.69) is 15.8 Å². The molecule has 3 aromatic rings. The highest BCUT2D eigenvalue weighted by Crippen LogP contribution is 2.30. The molecule has 0 heterocycles. The summed E-state index contributed by atoms with van der Waals surface area (Å²) in [6.07, 6.45) is 0.634. The minimum absolute atomic E-state index is 0.0508. The average Bonchev–Trinajstić information content (AvgIpc) is 3.04. The van der Waals surface area contributed by atoms with Crippen LogP contribution in [0.15, 0.2) is 90.1 Å². The van der Waals surface area contributed by atoms with E-state index in [0.717, 1.165) is 22.3 Å². The Bertz CT molecular complexity index is 1320. The van der Waals surface area contributed by atoms with Gasteiger partial charge in [-0.05, 0) is 34.6 Å². The molecule has 0 fully saturated rings. The van der Waals surface area contributed by atoms with Crippen molar-refractivity contribution in [2.24, 2.45) is 22.9 Å². The summed E-state index contributed by atoms with van der Waals surface area (Å²) < 4.78 is 0. The van der Waals surface area contributed by atoms with Crippen LogP contribution in [0.25, 0.3) is 11.1 Å². The fourth-order valence-corrected chi connectivity index (χ4v) is 6.20. The van der Waals surface area contributed by atoms with Crippen LogP contribution >= 0.6 is 11.8 Å². The molecule has 0 aliphatic rings. The number of thioether (sulfide) groups is 1. The SMILES string of the molecule is CNC(=O)[C@H](Cc1ccccc1)NC(=O)[C@H](CC(C)C)[C@H](CSCC(N=O)c1ccc(-c2ccccc2)cc1)C(=O)NO. The lowest BCUT2D eigenvalue weighted by Gasteiger charge is -2.28. The molecule has 0 bridgehead atoms. The maximum atomic E-state index is 13.7. The van der Waals surface area contributed by atoms with Gasteiger partial charge in [-0.2, -0.15) is 16.7 Å². The zero-order chi connectivity index (χ0) is 31.2. The van der Waals surface area contributed by atoms with Crippen molar-refractivity contribution < 1.29 is 19.6 Å². The predicted molar refractivity (Wildman–Crippen MR) is 170 cm³/mol. The van der Waals surface area contributed by atoms with Gasteiger partial charge in [-0.15, -0.1) is 0 Å². The summed E-state index contributed by atoms with van der Waals surface area (Å²) >= 11 is 1.31. The summed E-state index contributed by atoms with van der Waals surface area (Å²) in [7, 11) is 1.50. The fourth-order valence-electron chi connectivity index (χ4n) is 4.95. The standard InChI is InChI=1S/C33H40N4O5S/c1-22(2)18-27(31(38)35-29(33(40)34-3)19-23-10-6-4-7-11-23)28(32(39)37-42)20-43-21-30(36-41)26-16-14-25(15-17-26)24-12-8-5-9-13-24/h4-17,22,27-30,42H,18-21H2,1-3H3,(H,34,40)(H,35,38)(H,37,39)/t27-,28+,29+,30?/m1/s1. The van der Waals surface area contributed by atoms with Gasteiger partial charge in [0, 0.05) is 25.0 Å². The van der Waals surface area contributed by atoms with Crippen molar-refractivity contribution in [3.8, 4) is 11.1 Å². The van der Waals surface area contributed by atoms with Crippen LogP contribution in [0.2, 0.25) is 0 Å². The van der Waals surface area contributed by atoms with Crippen molar-refractivity contribution in [3.05, 3.63) is 101 Å². The summed E-state index contributed by atoms with van der Waals surface area (Å²) in [4.78, 5) is 51.0. The second kappa shape index (κ2) is 17.2. The maximum Gasteiger partial charge on any atom is 0.248 e. The quantitative estimate of drug-likeness (QED) is 0.101. The molecular weight excluding hydrogens is 564 g/mol. The third-order valence-electron chi connectivity index (χ3n) is 7.26. The van der Waals surface area contributed by atoms with Gasteiger partial charge in [-0.3, -0.25) is 19.6 Å². The Morgan fingerprint density at radius 2 is 1.40 bits per heavy atom. The van der Waals surface area contributed by atoms with Gasteiger partial charge in [0.2, 0.25) is 17.7 Å². The highest BCUT2D eigenvalue weighted by molar-refractivity contribution is 7.99. The lowest BCUT2D eigenvalue weighted by Crippen LogP contribution is -2.51. The van der Waals surface area contributed by atoms with E-state index in [1.54, 1.807) is 5.48 Å². The first-order valence-electron chi connectivity index (χ1n) is 14.3. The van der Waals surface area contributed by atoms with Gasteiger partial charge >= 0.3 is 0 Å². The molecule has 1 unspecified atom stereocenters. The Morgan fingerprint density at radius 3 is 1.95 bits per heavy atom. The van der Waals surface area contributed by atoms with Crippen molar-refractivity contribution in [3.63, 3.8) is 0 Å². The molecule has 0 aromatic heterocycles. The molecule has 9 nitrogen and oxygen atoms in total. The Kier molecular flexibility index (Phi) is 13.4. The van der Waals surface area contributed by atoms with Crippen LogP contribution in [0.5, 0.6) is 0 Å². The molecule has 4 N–H and O–H groups in total. The van der Waals surface area contributed by atoms with Crippen LogP contribution < -0.4 is 16.1 Å². The Hall–Kier alpha value is -4.02. The van der Waals surface area contributed by atoms with E-state index in [4.69, 9.17) is 0 Å². The molecule has 3 amide bonds. The minimum Gasteiger partial charge on any atom is -0.357 e. The highest BCUT2D eigenvalue weighted by atomic mass is 32.2. The molecule has 0 spiro atoms. The summed E-state index contributed by atoms with van der Waals surface area (Å²) in [6.45, 7) is 3.87. The van der Waals surface area contributed by atoms with E-state index < -0.39 is 35.7 Å². The van der Waals surface area contributed by atoms with Gasteiger partial charge in [0.15, 0.2) is 0 Å². The number of nitrogens with one attached hydrogen (secondary N) is 3. The highest BCUT2D eigenvalue weighted by Gasteiger charge is 2.36. The molecule has 3 rings (SSSR count). The summed E-state index contributed by atoms with van der Waals surface area (Å²) in [6, 6.07) is 25.3. The van der Waals surface area contributed by atoms with Gasteiger partial charge in [0.1, 0.15) is 12.1 Å². The Labute approximate surface area is 257 Å². The molecule has 3 aromatic carbocycles. The number of hydroxylamine groups is 1. The minimum atomic E-state index is -0.910. The second-order valence-electron chi connectivity index (χ2n) is 10.8. The lowest BCUT2D eigenvalue weighted by atomic mass is 9.84. The van der Waals surface area contributed by atoms with Crippen molar-refractivity contribution in [1.29, 1.82) is 0 Å². The van der Waals surface area contributed by atoms with Crippen LogP contribution in [0, 0.1) is 22.7 Å². The van der Waals surface area contributed by atoms with E-state index in [9.17, 15) is 24.5 Å². The predicted octanol–water partition coefficient (Wildman–Crippen LogP) is 5.15. The first-order chi connectivity index (χ1) is 20.8. The molecule has 0 aliphatic heterocycles. The molecule has 4 atom stereocenters. The summed E-state index contributed by atoms with van der Waals surface area (Å²) in [5.41, 5.74) is 5.42. The number of carbonyl (C=O) groups excluding carboxylic acids is 3.